The Bertz CT molecular complexity index is 872. The average Bonchev–Trinajstić information content (AvgIpc) is 2.55. The fraction of sp³-hybridized carbons (Fsp3) is 0.125. The van der Waals surface area contributed by atoms with Crippen LogP contribution in [0.25, 0.3) is 0 Å². The summed E-state index contributed by atoms with van der Waals surface area (Å²) in [6, 6.07) is 13.1. The second kappa shape index (κ2) is 7.74. The molecule has 24 heavy (non-hydrogen) atoms. The Kier molecular flexibility index (Phi) is 5.93. The quantitative estimate of drug-likeness (QED) is 0.648. The van der Waals surface area contributed by atoms with Crippen molar-refractivity contribution in [3.63, 3.8) is 0 Å². The van der Waals surface area contributed by atoms with Gasteiger partial charge in [-0.15, -0.1) is 0 Å². The van der Waals surface area contributed by atoms with Crippen molar-refractivity contribution in [3.05, 3.63) is 63.2 Å². The first-order valence-corrected chi connectivity index (χ1v) is 9.38. The monoisotopic (exact) mass is 456 g/mol. The highest BCUT2D eigenvalue weighted by Crippen LogP contribution is 2.14. The maximum absolute atomic E-state index is 12.3. The number of hydrogen-bond donors (Lipinski definition) is 2. The average molecular weight is 456 g/mol. The maximum Gasteiger partial charge on any atom is 0.322 e. The van der Waals surface area contributed by atoms with Gasteiger partial charge < -0.3 is 5.11 Å². The molecule has 0 aromatic heterocycles. The predicted octanol–water partition coefficient (Wildman–Crippen LogP) is 2.14. The number of benzene rings is 2. The van der Waals surface area contributed by atoms with Gasteiger partial charge in [-0.1, -0.05) is 12.1 Å². The molecular weight excluding hydrogens is 443 g/mol. The Morgan fingerprint density at radius 1 is 1.17 bits per heavy atom. The minimum Gasteiger partial charge on any atom is -0.480 e. The van der Waals surface area contributed by atoms with Gasteiger partial charge in [-0.05, 0) is 71.0 Å². The van der Waals surface area contributed by atoms with Crippen LogP contribution in [0.15, 0.2) is 53.4 Å². The predicted molar refractivity (Wildman–Crippen MR) is 95.8 cm³/mol. The van der Waals surface area contributed by atoms with E-state index in [1.54, 1.807) is 36.4 Å². The molecule has 2 N–H and O–H groups in total. The molecule has 0 amide bonds. The van der Waals surface area contributed by atoms with Crippen molar-refractivity contribution in [2.24, 2.45) is 0 Å². The Morgan fingerprint density at radius 3 is 2.25 bits per heavy atom. The molecule has 6 nitrogen and oxygen atoms in total. The van der Waals surface area contributed by atoms with Gasteiger partial charge >= 0.3 is 5.97 Å². The lowest BCUT2D eigenvalue weighted by molar-refractivity contribution is -0.138. The summed E-state index contributed by atoms with van der Waals surface area (Å²) in [6.45, 7) is 0. The molecule has 0 fully saturated rings. The molecule has 0 saturated carbocycles. The number of carbonyl (C=O) groups is 1. The summed E-state index contributed by atoms with van der Waals surface area (Å²) in [6.07, 6.45) is -0.0232. The van der Waals surface area contributed by atoms with Crippen LogP contribution in [-0.2, 0) is 21.2 Å². The van der Waals surface area contributed by atoms with Crippen LogP contribution >= 0.6 is 22.6 Å². The van der Waals surface area contributed by atoms with E-state index in [9.17, 15) is 18.3 Å². The zero-order chi connectivity index (χ0) is 17.7. The van der Waals surface area contributed by atoms with Crippen LogP contribution in [0.3, 0.4) is 0 Å². The van der Waals surface area contributed by atoms with E-state index in [1.165, 1.54) is 12.1 Å². The molecule has 0 radical (unpaired) electrons. The van der Waals surface area contributed by atoms with Gasteiger partial charge in [0.15, 0.2) is 0 Å². The van der Waals surface area contributed by atoms with Gasteiger partial charge in [0.1, 0.15) is 6.04 Å². The van der Waals surface area contributed by atoms with E-state index in [0.717, 1.165) is 3.57 Å². The molecule has 0 aliphatic heterocycles. The van der Waals surface area contributed by atoms with E-state index in [2.05, 4.69) is 4.72 Å². The second-order valence-corrected chi connectivity index (χ2v) is 7.94. The van der Waals surface area contributed by atoms with Crippen molar-refractivity contribution in [1.82, 2.24) is 4.72 Å². The number of rotatable bonds is 6. The van der Waals surface area contributed by atoms with Gasteiger partial charge in [0, 0.05) is 3.57 Å². The van der Waals surface area contributed by atoms with Crippen LogP contribution in [0.4, 0.5) is 0 Å². The second-order valence-electron chi connectivity index (χ2n) is 4.98. The van der Waals surface area contributed by atoms with Crippen LogP contribution in [-0.4, -0.2) is 25.5 Å². The molecule has 8 heteroatoms. The van der Waals surface area contributed by atoms with Gasteiger partial charge in [-0.3, -0.25) is 4.79 Å². The lowest BCUT2D eigenvalue weighted by Gasteiger charge is -2.15. The molecule has 0 aliphatic rings. The summed E-state index contributed by atoms with van der Waals surface area (Å²) in [5.41, 5.74) is 1.07. The molecule has 0 heterocycles. The molecule has 0 saturated heterocycles. The summed E-state index contributed by atoms with van der Waals surface area (Å²) >= 11 is 2.05. The third kappa shape index (κ3) is 4.77. The van der Waals surface area contributed by atoms with Crippen molar-refractivity contribution in [2.75, 3.05) is 0 Å². The fourth-order valence-corrected chi connectivity index (χ4v) is 3.55. The van der Waals surface area contributed by atoms with Crippen LogP contribution in [0.1, 0.15) is 11.1 Å². The van der Waals surface area contributed by atoms with Crippen LogP contribution in [0.5, 0.6) is 0 Å². The number of carboxylic acid groups (broad SMARTS) is 1. The minimum absolute atomic E-state index is 0.00833. The third-order valence-electron chi connectivity index (χ3n) is 3.24. The van der Waals surface area contributed by atoms with E-state index in [-0.39, 0.29) is 11.3 Å². The number of carboxylic acids is 1. The van der Waals surface area contributed by atoms with E-state index >= 15 is 0 Å². The summed E-state index contributed by atoms with van der Waals surface area (Å²) in [7, 11) is -3.94. The molecular formula is C16H13IN2O4S. The first-order chi connectivity index (χ1) is 11.3. The standard InChI is InChI=1S/C16H13IN2O4S/c17-13-5-7-14(8-6-13)24(22,23)19-15(16(20)21)9-11-1-3-12(10-18)4-2-11/h1-8,15,19H,9H2,(H,20,21)/t15-/m1/s1. The lowest BCUT2D eigenvalue weighted by atomic mass is 10.1. The van der Waals surface area contributed by atoms with Crippen molar-refractivity contribution < 1.29 is 18.3 Å². The normalized spacial score (nSPS) is 12.3. The first-order valence-electron chi connectivity index (χ1n) is 6.81. The van der Waals surface area contributed by atoms with E-state index in [0.29, 0.717) is 11.1 Å². The van der Waals surface area contributed by atoms with Gasteiger partial charge in [0.05, 0.1) is 16.5 Å². The highest BCUT2D eigenvalue weighted by Gasteiger charge is 2.25. The topological polar surface area (TPSA) is 107 Å². The van der Waals surface area contributed by atoms with Crippen molar-refractivity contribution in [2.45, 2.75) is 17.4 Å². The van der Waals surface area contributed by atoms with Gasteiger partial charge in [-0.2, -0.15) is 9.98 Å². The number of nitrogens with one attached hydrogen (secondary N) is 1. The molecule has 0 spiro atoms. The molecule has 0 aliphatic carbocycles. The molecule has 2 aromatic rings. The van der Waals surface area contributed by atoms with E-state index in [1.807, 2.05) is 28.7 Å². The molecule has 1 atom stereocenters. The van der Waals surface area contributed by atoms with Crippen molar-refractivity contribution in [1.29, 1.82) is 5.26 Å². The number of nitriles is 1. The van der Waals surface area contributed by atoms with Crippen molar-refractivity contribution >= 4 is 38.6 Å². The lowest BCUT2D eigenvalue weighted by Crippen LogP contribution is -2.42. The Balaban J connectivity index is 2.20. The zero-order valence-electron chi connectivity index (χ0n) is 12.3. The van der Waals surface area contributed by atoms with Crippen LogP contribution in [0.2, 0.25) is 0 Å². The molecule has 2 aromatic carbocycles. The molecule has 0 unspecified atom stereocenters. The highest BCUT2D eigenvalue weighted by atomic mass is 127. The maximum atomic E-state index is 12.3. The first kappa shape index (κ1) is 18.4. The van der Waals surface area contributed by atoms with Gasteiger partial charge in [0.25, 0.3) is 0 Å². The highest BCUT2D eigenvalue weighted by molar-refractivity contribution is 14.1. The number of sulfonamides is 1. The number of hydrogen-bond acceptors (Lipinski definition) is 4. The fourth-order valence-electron chi connectivity index (χ4n) is 2.00. The van der Waals surface area contributed by atoms with Crippen molar-refractivity contribution in [3.8, 4) is 6.07 Å². The minimum atomic E-state index is -3.94. The van der Waals surface area contributed by atoms with Crippen LogP contribution < -0.4 is 4.72 Å². The van der Waals surface area contributed by atoms with E-state index in [4.69, 9.17) is 5.26 Å². The SMILES string of the molecule is N#Cc1ccc(C[C@@H](NS(=O)(=O)c2ccc(I)cc2)C(=O)O)cc1. The van der Waals surface area contributed by atoms with Gasteiger partial charge in [-0.25, -0.2) is 8.42 Å². The number of halogens is 1. The van der Waals surface area contributed by atoms with Gasteiger partial charge in [0.2, 0.25) is 10.0 Å². The summed E-state index contributed by atoms with van der Waals surface area (Å²) < 4.78 is 27.7. The number of nitrogens with zero attached hydrogens (tertiary/aromatic N) is 1. The summed E-state index contributed by atoms with van der Waals surface area (Å²) in [5, 5.41) is 18.1. The molecule has 2 rings (SSSR count). The van der Waals surface area contributed by atoms with Crippen LogP contribution in [0, 0.1) is 14.9 Å². The largest absolute Gasteiger partial charge is 0.480 e. The summed E-state index contributed by atoms with van der Waals surface area (Å²) in [5.74, 6) is -1.27. The third-order valence-corrected chi connectivity index (χ3v) is 5.45. The Labute approximate surface area is 153 Å². The summed E-state index contributed by atoms with van der Waals surface area (Å²) in [4.78, 5) is 11.4. The Hall–Kier alpha value is -1.96. The molecule has 124 valence electrons. The Morgan fingerprint density at radius 2 is 1.75 bits per heavy atom. The number of aliphatic carboxylic acids is 1. The molecule has 0 bridgehead atoms. The zero-order valence-corrected chi connectivity index (χ0v) is 15.3. The van der Waals surface area contributed by atoms with E-state index < -0.39 is 22.0 Å². The smallest absolute Gasteiger partial charge is 0.322 e.